The second-order valence-corrected chi connectivity index (χ2v) is 9.73. The normalized spacial score (nSPS) is 13.8. The molecule has 2 aromatic carbocycles. The van der Waals surface area contributed by atoms with Crippen LogP contribution in [0.4, 0.5) is 10.1 Å². The first kappa shape index (κ1) is 23.4. The van der Waals surface area contributed by atoms with Crippen molar-refractivity contribution in [1.82, 2.24) is 14.9 Å². The molecule has 1 amide bonds. The number of amides is 1. The molecule has 1 N–H and O–H groups in total. The highest BCUT2D eigenvalue weighted by molar-refractivity contribution is 7.93. The molecule has 1 saturated heterocycles. The van der Waals surface area contributed by atoms with E-state index in [9.17, 15) is 22.4 Å². The molecular weight excluding hydrogens is 487 g/mol. The van der Waals surface area contributed by atoms with Crippen molar-refractivity contribution in [1.29, 1.82) is 0 Å². The predicted octanol–water partition coefficient (Wildman–Crippen LogP) is 3.25. The van der Waals surface area contributed by atoms with Crippen LogP contribution in [0, 0.1) is 5.82 Å². The van der Waals surface area contributed by atoms with E-state index < -0.39 is 33.8 Å². The maximum absolute atomic E-state index is 14.8. The first-order valence-electron chi connectivity index (χ1n) is 10.9. The van der Waals surface area contributed by atoms with Gasteiger partial charge in [-0.05, 0) is 42.5 Å². The van der Waals surface area contributed by atoms with Gasteiger partial charge in [0.25, 0.3) is 15.9 Å². The Morgan fingerprint density at radius 1 is 0.972 bits per heavy atom. The van der Waals surface area contributed by atoms with Crippen molar-refractivity contribution in [2.45, 2.75) is 11.0 Å². The van der Waals surface area contributed by atoms with Crippen molar-refractivity contribution in [3.8, 4) is 0 Å². The van der Waals surface area contributed by atoms with Crippen LogP contribution in [-0.4, -0.2) is 54.4 Å². The number of nitrogens with zero attached hydrogens (tertiary/aromatic N) is 3. The molecule has 5 rings (SSSR count). The number of para-hydroxylation sites is 1. The van der Waals surface area contributed by atoms with Gasteiger partial charge >= 0.3 is 5.97 Å². The summed E-state index contributed by atoms with van der Waals surface area (Å²) in [6.45, 7) is 0.309. The molecule has 0 radical (unpaired) electrons. The molecule has 9 nitrogen and oxygen atoms in total. The lowest BCUT2D eigenvalue weighted by Gasteiger charge is -2.38. The van der Waals surface area contributed by atoms with Crippen molar-refractivity contribution in [3.63, 3.8) is 0 Å². The van der Waals surface area contributed by atoms with Crippen LogP contribution in [0.2, 0.25) is 0 Å². The Balaban J connectivity index is 1.25. The molecule has 2 aromatic heterocycles. The van der Waals surface area contributed by atoms with E-state index in [0.717, 1.165) is 6.07 Å². The number of aromatic nitrogens is 2. The minimum Gasteiger partial charge on any atom is -0.454 e. The van der Waals surface area contributed by atoms with Crippen molar-refractivity contribution >= 4 is 38.5 Å². The fraction of sp³-hybridized carbons (Fsp3) is 0.120. The Kier molecular flexibility index (Phi) is 6.06. The summed E-state index contributed by atoms with van der Waals surface area (Å²) in [7, 11) is -4.15. The lowest BCUT2D eigenvalue weighted by atomic mass is 10.1. The van der Waals surface area contributed by atoms with Gasteiger partial charge in [-0.25, -0.2) is 22.6 Å². The third-order valence-electron chi connectivity index (χ3n) is 5.63. The van der Waals surface area contributed by atoms with Gasteiger partial charge in [0.1, 0.15) is 22.5 Å². The van der Waals surface area contributed by atoms with Gasteiger partial charge in [0.05, 0.1) is 24.3 Å². The summed E-state index contributed by atoms with van der Waals surface area (Å²) < 4.78 is 48.2. The third kappa shape index (κ3) is 4.60. The van der Waals surface area contributed by atoms with Crippen molar-refractivity contribution in [2.24, 2.45) is 0 Å². The second-order valence-electron chi connectivity index (χ2n) is 8.08. The van der Waals surface area contributed by atoms with E-state index in [4.69, 9.17) is 4.74 Å². The molecule has 36 heavy (non-hydrogen) atoms. The number of nitrogens with one attached hydrogen (secondary N) is 1. The molecule has 1 fully saturated rings. The van der Waals surface area contributed by atoms with Crippen LogP contribution in [0.5, 0.6) is 0 Å². The first-order chi connectivity index (χ1) is 17.3. The van der Waals surface area contributed by atoms with Gasteiger partial charge < -0.3 is 9.64 Å². The van der Waals surface area contributed by atoms with E-state index in [1.54, 1.807) is 36.4 Å². The van der Waals surface area contributed by atoms with Gasteiger partial charge in [0.2, 0.25) is 0 Å². The zero-order valence-corrected chi connectivity index (χ0v) is 19.5. The fourth-order valence-corrected chi connectivity index (χ4v) is 5.03. The maximum Gasteiger partial charge on any atom is 0.357 e. The van der Waals surface area contributed by atoms with Crippen LogP contribution in [0.15, 0.2) is 84.0 Å². The first-order valence-corrected chi connectivity index (χ1v) is 12.4. The zero-order valence-electron chi connectivity index (χ0n) is 18.7. The van der Waals surface area contributed by atoms with Crippen LogP contribution in [0.3, 0.4) is 0 Å². The quantitative estimate of drug-likeness (QED) is 0.399. The standard InChI is InChI=1S/C25H19FN4O5S/c26-19-13-17(24(31)30-14-18(15-30)35-25(32)21-7-1-2-11-27-21)9-10-20(19)29-36(33,34)22-8-3-5-16-6-4-12-28-23(16)22/h1-13,18,29H,14-15H2. The molecule has 182 valence electrons. The largest absolute Gasteiger partial charge is 0.454 e. The summed E-state index contributed by atoms with van der Waals surface area (Å²) in [4.78, 5) is 34.1. The smallest absolute Gasteiger partial charge is 0.357 e. The SMILES string of the molecule is O=C(OC1CN(C(=O)c2ccc(NS(=O)(=O)c3cccc4cccnc34)c(F)c2)C1)c1ccccn1. The molecule has 0 spiro atoms. The molecule has 1 aliphatic rings. The Morgan fingerprint density at radius 3 is 2.50 bits per heavy atom. The molecule has 4 aromatic rings. The number of likely N-dealkylation sites (tertiary alicyclic amines) is 1. The number of hydrogen-bond donors (Lipinski definition) is 1. The van der Waals surface area contributed by atoms with E-state index >= 15 is 0 Å². The van der Waals surface area contributed by atoms with Gasteiger partial charge in [-0.15, -0.1) is 0 Å². The lowest BCUT2D eigenvalue weighted by molar-refractivity contribution is -0.0238. The van der Waals surface area contributed by atoms with E-state index in [2.05, 4.69) is 14.7 Å². The lowest BCUT2D eigenvalue weighted by Crippen LogP contribution is -2.55. The molecule has 0 aliphatic carbocycles. The summed E-state index contributed by atoms with van der Waals surface area (Å²) in [5, 5.41) is 0.625. The molecule has 0 unspecified atom stereocenters. The number of sulfonamides is 1. The number of halogens is 1. The predicted molar refractivity (Wildman–Crippen MR) is 128 cm³/mol. The Labute approximate surface area is 205 Å². The number of fused-ring (bicyclic) bond motifs is 1. The minimum absolute atomic E-state index is 0.0387. The summed E-state index contributed by atoms with van der Waals surface area (Å²) in [6.07, 6.45) is 2.46. The Hall–Kier alpha value is -4.38. The zero-order chi connectivity index (χ0) is 25.3. The number of benzene rings is 2. The molecule has 0 atom stereocenters. The number of hydrogen-bond acceptors (Lipinski definition) is 7. The van der Waals surface area contributed by atoms with Crippen LogP contribution < -0.4 is 4.72 Å². The van der Waals surface area contributed by atoms with Crippen molar-refractivity contribution in [2.75, 3.05) is 17.8 Å². The van der Waals surface area contributed by atoms with E-state index in [1.807, 2.05) is 0 Å². The monoisotopic (exact) mass is 506 g/mol. The average molecular weight is 507 g/mol. The second kappa shape index (κ2) is 9.34. The number of rotatable bonds is 6. The van der Waals surface area contributed by atoms with Gasteiger partial charge in [-0.2, -0.15) is 0 Å². The van der Waals surface area contributed by atoms with Gasteiger partial charge in [-0.3, -0.25) is 14.5 Å². The molecule has 11 heteroatoms. The summed E-state index contributed by atoms with van der Waals surface area (Å²) in [6, 6.07) is 16.5. The number of esters is 1. The molecule has 0 bridgehead atoms. The van der Waals surface area contributed by atoms with Crippen LogP contribution in [0.25, 0.3) is 10.9 Å². The Bertz CT molecular complexity index is 1570. The number of carbonyl (C=O) groups excluding carboxylic acids is 2. The highest BCUT2D eigenvalue weighted by Crippen LogP contribution is 2.26. The molecular formula is C25H19FN4O5S. The minimum atomic E-state index is -4.15. The maximum atomic E-state index is 14.8. The molecule has 0 saturated carbocycles. The van der Waals surface area contributed by atoms with Gasteiger partial charge in [-0.1, -0.05) is 24.3 Å². The van der Waals surface area contributed by atoms with Crippen molar-refractivity contribution in [3.05, 3.63) is 96.2 Å². The van der Waals surface area contributed by atoms with Gasteiger partial charge in [0, 0.05) is 23.3 Å². The van der Waals surface area contributed by atoms with Crippen LogP contribution >= 0.6 is 0 Å². The topological polar surface area (TPSA) is 119 Å². The third-order valence-corrected chi connectivity index (χ3v) is 7.03. The number of carbonyl (C=O) groups is 2. The summed E-state index contributed by atoms with van der Waals surface area (Å²) in [5.41, 5.74) is 0.166. The number of ether oxygens (including phenoxy) is 1. The Morgan fingerprint density at radius 2 is 1.75 bits per heavy atom. The molecule has 1 aliphatic heterocycles. The molecule has 3 heterocycles. The van der Waals surface area contributed by atoms with E-state index in [1.165, 1.54) is 41.6 Å². The number of anilines is 1. The average Bonchev–Trinajstić information content (AvgIpc) is 2.86. The highest BCUT2D eigenvalue weighted by Gasteiger charge is 2.34. The fourth-order valence-electron chi connectivity index (χ4n) is 3.78. The van der Waals surface area contributed by atoms with E-state index in [0.29, 0.717) is 5.39 Å². The summed E-state index contributed by atoms with van der Waals surface area (Å²) >= 11 is 0. The van der Waals surface area contributed by atoms with Crippen LogP contribution in [0.1, 0.15) is 20.8 Å². The highest BCUT2D eigenvalue weighted by atomic mass is 32.2. The number of pyridine rings is 2. The van der Waals surface area contributed by atoms with E-state index in [-0.39, 0.29) is 40.4 Å². The summed E-state index contributed by atoms with van der Waals surface area (Å²) in [5.74, 6) is -1.96. The van der Waals surface area contributed by atoms with Crippen LogP contribution in [-0.2, 0) is 14.8 Å². The van der Waals surface area contributed by atoms with Crippen molar-refractivity contribution < 1.29 is 27.1 Å². The van der Waals surface area contributed by atoms with Gasteiger partial charge in [0.15, 0.2) is 0 Å².